The fraction of sp³-hybridized carbons (Fsp3) is 0.538. The molecule has 0 aliphatic carbocycles. The Kier molecular flexibility index (Phi) is 5.37. The molecular weight excluding hydrogens is 186 g/mol. The minimum absolute atomic E-state index is 0.270. The molecule has 1 atom stereocenters. The van der Waals surface area contributed by atoms with Crippen LogP contribution in [-0.4, -0.2) is 24.8 Å². The normalized spacial score (nSPS) is 12.7. The quantitative estimate of drug-likeness (QED) is 0.700. The first-order valence-corrected chi connectivity index (χ1v) is 5.62. The minimum Gasteiger partial charge on any atom is -0.396 e. The van der Waals surface area contributed by atoms with Gasteiger partial charge in [0.2, 0.25) is 0 Å². The van der Waals surface area contributed by atoms with E-state index in [0.717, 1.165) is 19.5 Å². The monoisotopic (exact) mass is 207 g/mol. The van der Waals surface area contributed by atoms with E-state index in [9.17, 15) is 0 Å². The second-order valence-corrected chi connectivity index (χ2v) is 4.09. The van der Waals surface area contributed by atoms with Crippen LogP contribution >= 0.6 is 0 Å². The van der Waals surface area contributed by atoms with Crippen LogP contribution in [0.4, 0.5) is 0 Å². The first-order chi connectivity index (χ1) is 7.24. The van der Waals surface area contributed by atoms with Crippen molar-refractivity contribution in [3.05, 3.63) is 35.4 Å². The van der Waals surface area contributed by atoms with Crippen LogP contribution in [0.25, 0.3) is 0 Å². The van der Waals surface area contributed by atoms with E-state index >= 15 is 0 Å². The summed E-state index contributed by atoms with van der Waals surface area (Å²) in [6.45, 7) is 6.46. The largest absolute Gasteiger partial charge is 0.396 e. The molecule has 2 N–H and O–H groups in total. The number of benzene rings is 1. The molecule has 1 rings (SSSR count). The molecule has 0 amide bonds. The third-order valence-electron chi connectivity index (χ3n) is 2.61. The van der Waals surface area contributed by atoms with E-state index in [-0.39, 0.29) is 6.61 Å². The summed E-state index contributed by atoms with van der Waals surface area (Å²) in [5.41, 5.74) is 2.68. The van der Waals surface area contributed by atoms with Gasteiger partial charge in [-0.3, -0.25) is 0 Å². The molecule has 1 aromatic rings. The van der Waals surface area contributed by atoms with Gasteiger partial charge in [0.1, 0.15) is 0 Å². The van der Waals surface area contributed by atoms with Crippen LogP contribution in [-0.2, 0) is 0 Å². The molecule has 0 aliphatic rings. The van der Waals surface area contributed by atoms with E-state index in [0.29, 0.717) is 5.92 Å². The molecular formula is C13H21NO. The zero-order valence-corrected chi connectivity index (χ0v) is 9.66. The number of rotatable bonds is 6. The summed E-state index contributed by atoms with van der Waals surface area (Å²) in [7, 11) is 0. The maximum atomic E-state index is 8.64. The van der Waals surface area contributed by atoms with Crippen molar-refractivity contribution in [2.45, 2.75) is 26.2 Å². The summed E-state index contributed by atoms with van der Waals surface area (Å²) in [5, 5.41) is 12.0. The number of hydrogen-bond acceptors (Lipinski definition) is 2. The maximum absolute atomic E-state index is 8.64. The molecule has 0 fully saturated rings. The van der Waals surface area contributed by atoms with Crippen molar-refractivity contribution >= 4 is 0 Å². The first-order valence-electron chi connectivity index (χ1n) is 5.62. The van der Waals surface area contributed by atoms with Crippen molar-refractivity contribution in [2.75, 3.05) is 19.7 Å². The predicted octanol–water partition coefficient (Wildman–Crippen LogP) is 2.07. The molecule has 0 saturated heterocycles. The maximum Gasteiger partial charge on any atom is 0.0443 e. The van der Waals surface area contributed by atoms with Gasteiger partial charge in [0.25, 0.3) is 0 Å². The number of aryl methyl sites for hydroxylation is 1. The summed E-state index contributed by atoms with van der Waals surface area (Å²) < 4.78 is 0. The van der Waals surface area contributed by atoms with Crippen molar-refractivity contribution in [1.29, 1.82) is 0 Å². The summed E-state index contributed by atoms with van der Waals surface area (Å²) in [5.74, 6) is 0.532. The molecule has 0 bridgehead atoms. The summed E-state index contributed by atoms with van der Waals surface area (Å²) in [6, 6.07) is 8.68. The molecule has 1 aromatic carbocycles. The number of aliphatic hydroxyl groups is 1. The van der Waals surface area contributed by atoms with Crippen LogP contribution in [0.15, 0.2) is 24.3 Å². The van der Waals surface area contributed by atoms with E-state index in [1.54, 1.807) is 0 Å². The van der Waals surface area contributed by atoms with Crippen LogP contribution in [0.2, 0.25) is 0 Å². The zero-order chi connectivity index (χ0) is 11.1. The highest BCUT2D eigenvalue weighted by atomic mass is 16.3. The van der Waals surface area contributed by atoms with Gasteiger partial charge in [0.05, 0.1) is 0 Å². The topological polar surface area (TPSA) is 32.3 Å². The van der Waals surface area contributed by atoms with Gasteiger partial charge in [0.15, 0.2) is 0 Å². The van der Waals surface area contributed by atoms with Gasteiger partial charge < -0.3 is 10.4 Å². The lowest BCUT2D eigenvalue weighted by atomic mass is 10.00. The van der Waals surface area contributed by atoms with Crippen LogP contribution in [0.5, 0.6) is 0 Å². The Balaban J connectivity index is 2.33. The standard InChI is InChI=1S/C13H21NO/c1-11-4-6-13(7-5-11)12(2)10-14-8-3-9-15/h4-7,12,14-15H,3,8-10H2,1-2H3. The van der Waals surface area contributed by atoms with Crippen molar-refractivity contribution in [2.24, 2.45) is 0 Å². The Morgan fingerprint density at radius 2 is 1.93 bits per heavy atom. The molecule has 0 aliphatic heterocycles. The second-order valence-electron chi connectivity index (χ2n) is 4.09. The molecule has 0 spiro atoms. The molecule has 84 valence electrons. The molecule has 1 unspecified atom stereocenters. The Morgan fingerprint density at radius 3 is 2.53 bits per heavy atom. The lowest BCUT2D eigenvalue weighted by Gasteiger charge is -2.13. The van der Waals surface area contributed by atoms with Gasteiger partial charge in [-0.2, -0.15) is 0 Å². The van der Waals surface area contributed by atoms with Gasteiger partial charge in [-0.15, -0.1) is 0 Å². The van der Waals surface area contributed by atoms with E-state index in [2.05, 4.69) is 43.4 Å². The lowest BCUT2D eigenvalue weighted by Crippen LogP contribution is -2.21. The van der Waals surface area contributed by atoms with Gasteiger partial charge in [-0.25, -0.2) is 0 Å². The number of aliphatic hydroxyl groups excluding tert-OH is 1. The van der Waals surface area contributed by atoms with Crippen molar-refractivity contribution in [1.82, 2.24) is 5.32 Å². The molecule has 0 aromatic heterocycles. The Morgan fingerprint density at radius 1 is 1.27 bits per heavy atom. The molecule has 0 radical (unpaired) electrons. The SMILES string of the molecule is Cc1ccc(C(C)CNCCCO)cc1. The third kappa shape index (κ3) is 4.45. The van der Waals surface area contributed by atoms with E-state index in [1.807, 2.05) is 0 Å². The van der Waals surface area contributed by atoms with Crippen LogP contribution < -0.4 is 5.32 Å². The van der Waals surface area contributed by atoms with E-state index in [4.69, 9.17) is 5.11 Å². The van der Waals surface area contributed by atoms with E-state index < -0.39 is 0 Å². The van der Waals surface area contributed by atoms with Gasteiger partial charge >= 0.3 is 0 Å². The fourth-order valence-electron chi connectivity index (χ4n) is 1.54. The smallest absolute Gasteiger partial charge is 0.0443 e. The summed E-state index contributed by atoms with van der Waals surface area (Å²) >= 11 is 0. The highest BCUT2D eigenvalue weighted by Crippen LogP contribution is 2.14. The minimum atomic E-state index is 0.270. The number of hydrogen-bond donors (Lipinski definition) is 2. The van der Waals surface area contributed by atoms with Crippen LogP contribution in [0, 0.1) is 6.92 Å². The Labute approximate surface area is 92.3 Å². The van der Waals surface area contributed by atoms with Crippen LogP contribution in [0.1, 0.15) is 30.4 Å². The molecule has 2 heteroatoms. The molecule has 2 nitrogen and oxygen atoms in total. The van der Waals surface area contributed by atoms with Gasteiger partial charge in [0, 0.05) is 13.2 Å². The Bertz CT molecular complexity index is 268. The second kappa shape index (κ2) is 6.59. The molecule has 0 heterocycles. The van der Waals surface area contributed by atoms with Crippen molar-refractivity contribution < 1.29 is 5.11 Å². The van der Waals surface area contributed by atoms with Gasteiger partial charge in [-0.05, 0) is 31.4 Å². The highest BCUT2D eigenvalue weighted by Gasteiger charge is 2.03. The Hall–Kier alpha value is -0.860. The highest BCUT2D eigenvalue weighted by molar-refractivity contribution is 5.24. The van der Waals surface area contributed by atoms with Crippen molar-refractivity contribution in [3.8, 4) is 0 Å². The van der Waals surface area contributed by atoms with Crippen LogP contribution in [0.3, 0.4) is 0 Å². The lowest BCUT2D eigenvalue weighted by molar-refractivity contribution is 0.286. The predicted molar refractivity (Wildman–Crippen MR) is 64.2 cm³/mol. The summed E-state index contributed by atoms with van der Waals surface area (Å²) in [4.78, 5) is 0. The zero-order valence-electron chi connectivity index (χ0n) is 9.66. The van der Waals surface area contributed by atoms with E-state index in [1.165, 1.54) is 11.1 Å². The van der Waals surface area contributed by atoms with Crippen molar-refractivity contribution in [3.63, 3.8) is 0 Å². The fourth-order valence-corrected chi connectivity index (χ4v) is 1.54. The molecule has 0 saturated carbocycles. The van der Waals surface area contributed by atoms with Gasteiger partial charge in [-0.1, -0.05) is 36.8 Å². The first kappa shape index (κ1) is 12.2. The third-order valence-corrected chi connectivity index (χ3v) is 2.61. The summed E-state index contributed by atoms with van der Waals surface area (Å²) in [6.07, 6.45) is 0.834. The molecule has 15 heavy (non-hydrogen) atoms. The average Bonchev–Trinajstić information content (AvgIpc) is 2.25. The average molecular weight is 207 g/mol. The number of nitrogens with one attached hydrogen (secondary N) is 1.